The Morgan fingerprint density at radius 3 is 2.52 bits per heavy atom. The van der Waals surface area contributed by atoms with Gasteiger partial charge in [-0.2, -0.15) is 0 Å². The number of hydrogen-bond donors (Lipinski definition) is 3. The summed E-state index contributed by atoms with van der Waals surface area (Å²) in [6.07, 6.45) is 3.06. The summed E-state index contributed by atoms with van der Waals surface area (Å²) in [6.45, 7) is 6.02. The first kappa shape index (κ1) is 46.6. The summed E-state index contributed by atoms with van der Waals surface area (Å²) in [7, 11) is -2.01. The topological polar surface area (TPSA) is 192 Å². The summed E-state index contributed by atoms with van der Waals surface area (Å²) in [5.74, 6) is -1.18. The first-order valence-electron chi connectivity index (χ1n) is 21.5. The number of fused-ring (bicyclic) bond motifs is 1. The summed E-state index contributed by atoms with van der Waals surface area (Å²) in [6, 6.07) is 8.69. The SMILES string of the molecule is COc1ccc2c(OC3C[C@@H](C(N)=O)N(C(=O)[C@H](CCCCC/C=C\[C@@H]4C[C@@H]4C(=O)NS(=O)(=O)C4CC4)Nc4cccc(OC(F)(F)F)c4)C3)cc(-c3nc(C(C)C)cs3)nc2c1C. The molecule has 2 aliphatic carbocycles. The predicted octanol–water partition coefficient (Wildman–Crippen LogP) is 7.76. The molecule has 14 nitrogen and oxygen atoms in total. The average molecular weight is 927 g/mol. The first-order valence-corrected chi connectivity index (χ1v) is 23.9. The summed E-state index contributed by atoms with van der Waals surface area (Å²) < 4.78 is 82.2. The molecule has 0 bridgehead atoms. The van der Waals surface area contributed by atoms with Gasteiger partial charge in [0.2, 0.25) is 27.7 Å². The number of benzene rings is 2. The molecule has 3 heterocycles. The number of nitrogens with one attached hydrogen (secondary N) is 2. The molecule has 3 amide bonds. The third kappa shape index (κ3) is 11.4. The Labute approximate surface area is 374 Å². The first-order chi connectivity index (χ1) is 30.4. The van der Waals surface area contributed by atoms with Crippen molar-refractivity contribution in [3.05, 3.63) is 71.3 Å². The Balaban J connectivity index is 1.05. The number of halogens is 3. The highest BCUT2D eigenvalue weighted by atomic mass is 32.2. The van der Waals surface area contributed by atoms with Crippen molar-refractivity contribution < 1.29 is 50.2 Å². The van der Waals surface area contributed by atoms with Crippen LogP contribution in [0.5, 0.6) is 17.2 Å². The van der Waals surface area contributed by atoms with E-state index >= 15 is 0 Å². The van der Waals surface area contributed by atoms with Gasteiger partial charge >= 0.3 is 6.36 Å². The molecule has 0 spiro atoms. The molecule has 344 valence electrons. The van der Waals surface area contributed by atoms with Crippen LogP contribution in [0.2, 0.25) is 0 Å². The van der Waals surface area contributed by atoms with Gasteiger partial charge < -0.3 is 30.2 Å². The smallest absolute Gasteiger partial charge is 0.496 e. The number of methoxy groups -OCH3 is 1. The Bertz CT molecular complexity index is 2510. The number of nitrogens with two attached hydrogens (primary N) is 1. The van der Waals surface area contributed by atoms with Gasteiger partial charge in [-0.15, -0.1) is 24.5 Å². The number of ether oxygens (including phenoxy) is 3. The van der Waals surface area contributed by atoms with Crippen LogP contribution in [0, 0.1) is 18.8 Å². The Kier molecular flexibility index (Phi) is 14.1. The molecular weight excluding hydrogens is 874 g/mol. The molecule has 19 heteroatoms. The minimum atomic E-state index is -4.92. The fourth-order valence-corrected chi connectivity index (χ4v) is 10.3. The van der Waals surface area contributed by atoms with Crippen molar-refractivity contribution in [3.8, 4) is 28.0 Å². The van der Waals surface area contributed by atoms with E-state index in [2.05, 4.69) is 28.6 Å². The van der Waals surface area contributed by atoms with Gasteiger partial charge in [-0.3, -0.25) is 19.1 Å². The minimum Gasteiger partial charge on any atom is -0.496 e. The zero-order chi connectivity index (χ0) is 45.9. The van der Waals surface area contributed by atoms with E-state index in [1.807, 2.05) is 36.6 Å². The van der Waals surface area contributed by atoms with Crippen LogP contribution >= 0.6 is 11.3 Å². The number of likely N-dealkylation sites (tertiary alicyclic amines) is 1. The number of aromatic nitrogens is 2. The van der Waals surface area contributed by atoms with Crippen LogP contribution in [-0.4, -0.2) is 84.5 Å². The average Bonchev–Trinajstić information content (AvgIpc) is 4.14. The van der Waals surface area contributed by atoms with Crippen LogP contribution in [0.25, 0.3) is 21.6 Å². The third-order valence-electron chi connectivity index (χ3n) is 11.7. The van der Waals surface area contributed by atoms with Gasteiger partial charge in [-0.1, -0.05) is 44.9 Å². The fraction of sp³-hybridized carbons (Fsp3) is 0.489. The van der Waals surface area contributed by atoms with Crippen molar-refractivity contribution >= 4 is 55.7 Å². The molecule has 2 aromatic heterocycles. The molecule has 1 aliphatic heterocycles. The number of thiazole rings is 1. The van der Waals surface area contributed by atoms with E-state index in [9.17, 15) is 36.0 Å². The molecule has 0 radical (unpaired) electrons. The van der Waals surface area contributed by atoms with Crippen molar-refractivity contribution in [1.82, 2.24) is 19.6 Å². The van der Waals surface area contributed by atoms with E-state index in [4.69, 9.17) is 25.2 Å². The summed E-state index contributed by atoms with van der Waals surface area (Å²) in [5.41, 5.74) is 9.08. The predicted molar refractivity (Wildman–Crippen MR) is 236 cm³/mol. The fourth-order valence-electron chi connectivity index (χ4n) is 7.96. The molecule has 64 heavy (non-hydrogen) atoms. The van der Waals surface area contributed by atoms with Crippen molar-refractivity contribution in [2.24, 2.45) is 17.6 Å². The zero-order valence-corrected chi connectivity index (χ0v) is 37.7. The van der Waals surface area contributed by atoms with E-state index in [1.165, 1.54) is 28.4 Å². The van der Waals surface area contributed by atoms with Gasteiger partial charge in [0.15, 0.2) is 0 Å². The largest absolute Gasteiger partial charge is 0.573 e. The second-order valence-electron chi connectivity index (χ2n) is 17.0. The van der Waals surface area contributed by atoms with Gasteiger partial charge in [0.25, 0.3) is 0 Å². The lowest BCUT2D eigenvalue weighted by Gasteiger charge is -2.28. The molecule has 4 N–H and O–H groups in total. The molecule has 5 atom stereocenters. The van der Waals surface area contributed by atoms with Crippen LogP contribution in [-0.2, 0) is 24.4 Å². The maximum atomic E-state index is 14.5. The number of pyridine rings is 1. The molecule has 3 aliphatic rings. The maximum absolute atomic E-state index is 14.5. The number of carbonyl (C=O) groups excluding carboxylic acids is 3. The lowest BCUT2D eigenvalue weighted by molar-refractivity contribution is -0.274. The zero-order valence-electron chi connectivity index (χ0n) is 36.0. The minimum absolute atomic E-state index is 0.00235. The van der Waals surface area contributed by atoms with Crippen molar-refractivity contribution in [2.75, 3.05) is 19.0 Å². The summed E-state index contributed by atoms with van der Waals surface area (Å²) >= 11 is 1.46. The van der Waals surface area contributed by atoms with Crippen molar-refractivity contribution in [2.45, 2.75) is 114 Å². The lowest BCUT2D eigenvalue weighted by atomic mass is 10.0. The highest BCUT2D eigenvalue weighted by Gasteiger charge is 2.45. The van der Waals surface area contributed by atoms with Crippen LogP contribution in [0.1, 0.15) is 88.8 Å². The summed E-state index contributed by atoms with van der Waals surface area (Å²) in [5, 5.41) is 6.02. The van der Waals surface area contributed by atoms with Gasteiger partial charge in [-0.05, 0) is 81.5 Å². The number of anilines is 1. The standard InChI is InChI=1S/C45H53F3N6O8S2/c1-25(2)36-24-63-43(52-36)35-22-39(32-17-18-38(60-4)26(3)40(32)51-35)61-30-21-37(41(49)55)54(23-30)44(57)34(50-28-12-10-13-29(20-28)62-45(46,47)48)14-9-7-5-6-8-11-27-19-33(27)42(56)53-64(58,59)31-15-16-31/h8,10-13,17-18,20,22,24-25,27,30-31,33-34,37,50H,5-7,9,14-16,19,21,23H2,1-4H3,(H2,49,55)(H,53,56)/b11-8-/t27-,30?,33+,34+,37+/m1/s1. The van der Waals surface area contributed by atoms with E-state index in [1.54, 1.807) is 13.2 Å². The van der Waals surface area contributed by atoms with Gasteiger partial charge in [0, 0.05) is 46.5 Å². The van der Waals surface area contributed by atoms with Gasteiger partial charge in [0.05, 0.1) is 30.1 Å². The number of amides is 3. The lowest BCUT2D eigenvalue weighted by Crippen LogP contribution is -2.49. The number of hydrogen-bond acceptors (Lipinski definition) is 12. The Morgan fingerprint density at radius 1 is 1.05 bits per heavy atom. The normalized spacial score (nSPS) is 20.4. The highest BCUT2D eigenvalue weighted by molar-refractivity contribution is 7.90. The van der Waals surface area contributed by atoms with E-state index in [0.717, 1.165) is 29.8 Å². The highest BCUT2D eigenvalue weighted by Crippen LogP contribution is 2.41. The third-order valence-corrected chi connectivity index (χ3v) is 14.4. The van der Waals surface area contributed by atoms with E-state index in [-0.39, 0.29) is 42.8 Å². The molecule has 2 saturated carbocycles. The number of allylic oxidation sites excluding steroid dienone is 2. The monoisotopic (exact) mass is 926 g/mol. The van der Waals surface area contributed by atoms with Gasteiger partial charge in [-0.25, -0.2) is 18.4 Å². The van der Waals surface area contributed by atoms with Crippen LogP contribution < -0.4 is 30.0 Å². The molecule has 4 aromatic rings. The molecule has 7 rings (SSSR count). The van der Waals surface area contributed by atoms with Crippen molar-refractivity contribution in [3.63, 3.8) is 0 Å². The van der Waals surface area contributed by atoms with E-state index in [0.29, 0.717) is 71.6 Å². The number of nitrogens with zero attached hydrogens (tertiary/aromatic N) is 3. The number of primary amides is 1. The molecule has 1 unspecified atom stereocenters. The number of unbranched alkanes of at least 4 members (excludes halogenated alkanes) is 3. The second kappa shape index (κ2) is 19.4. The molecule has 2 aromatic carbocycles. The Hall–Kier alpha value is -5.43. The maximum Gasteiger partial charge on any atom is 0.573 e. The number of aryl methyl sites for hydroxylation is 1. The number of sulfonamides is 1. The second-order valence-corrected chi connectivity index (χ2v) is 19.8. The van der Waals surface area contributed by atoms with Crippen LogP contribution in [0.15, 0.2) is 60.0 Å². The van der Waals surface area contributed by atoms with Crippen LogP contribution in [0.3, 0.4) is 0 Å². The number of alkyl halides is 3. The molecule has 3 fully saturated rings. The number of carbonyl (C=O) groups is 3. The Morgan fingerprint density at radius 2 is 1.83 bits per heavy atom. The van der Waals surface area contributed by atoms with Crippen LogP contribution in [0.4, 0.5) is 18.9 Å². The summed E-state index contributed by atoms with van der Waals surface area (Å²) in [4.78, 5) is 51.1. The van der Waals surface area contributed by atoms with E-state index < -0.39 is 63.3 Å². The molecule has 1 saturated heterocycles. The van der Waals surface area contributed by atoms with Crippen molar-refractivity contribution in [1.29, 1.82) is 0 Å². The molecular formula is C45H53F3N6O8S2. The van der Waals surface area contributed by atoms with Gasteiger partial charge in [0.1, 0.15) is 46.1 Å². The number of rotatable bonds is 20. The quantitative estimate of drug-likeness (QED) is 0.0580.